The van der Waals surface area contributed by atoms with Gasteiger partial charge in [0.2, 0.25) is 0 Å². The van der Waals surface area contributed by atoms with Crippen molar-refractivity contribution in [2.24, 2.45) is 4.99 Å². The smallest absolute Gasteiger partial charge is 0.123 e. The summed E-state index contributed by atoms with van der Waals surface area (Å²) in [6.45, 7) is 8.79. The van der Waals surface area contributed by atoms with E-state index in [1.807, 2.05) is 6.07 Å². The lowest BCUT2D eigenvalue weighted by molar-refractivity contribution is 0.0502. The molecular weight excluding hydrogens is 274 g/mol. The van der Waals surface area contributed by atoms with Gasteiger partial charge < -0.3 is 15.0 Å². The summed E-state index contributed by atoms with van der Waals surface area (Å²) in [5, 5.41) is 3.55. The van der Waals surface area contributed by atoms with Gasteiger partial charge >= 0.3 is 0 Å². The SMILES string of the molecule is CC1(C)CC(N2CCOCC2)=CC(=NCc2ccccc2)N1. The van der Waals surface area contributed by atoms with Crippen LogP contribution >= 0.6 is 0 Å². The Morgan fingerprint density at radius 2 is 1.91 bits per heavy atom. The molecule has 4 heteroatoms. The minimum atomic E-state index is 0.0396. The van der Waals surface area contributed by atoms with Gasteiger partial charge in [-0.05, 0) is 25.5 Å². The van der Waals surface area contributed by atoms with E-state index in [-0.39, 0.29) is 5.54 Å². The molecular formula is C18H25N3O. The Labute approximate surface area is 132 Å². The van der Waals surface area contributed by atoms with Crippen molar-refractivity contribution in [3.63, 3.8) is 0 Å². The maximum Gasteiger partial charge on any atom is 0.123 e. The summed E-state index contributed by atoms with van der Waals surface area (Å²) in [7, 11) is 0. The highest BCUT2D eigenvalue weighted by molar-refractivity contribution is 5.95. The number of aliphatic imine (C=N–C) groups is 1. The van der Waals surface area contributed by atoms with Crippen LogP contribution in [0.1, 0.15) is 25.8 Å². The molecule has 1 aromatic carbocycles. The lowest BCUT2D eigenvalue weighted by Gasteiger charge is -2.39. The Morgan fingerprint density at radius 1 is 1.18 bits per heavy atom. The largest absolute Gasteiger partial charge is 0.378 e. The summed E-state index contributed by atoms with van der Waals surface area (Å²) in [5.41, 5.74) is 2.65. The fraction of sp³-hybridized carbons (Fsp3) is 0.500. The molecule has 2 heterocycles. The maximum atomic E-state index is 5.46. The van der Waals surface area contributed by atoms with Crippen molar-refractivity contribution in [3.8, 4) is 0 Å². The molecule has 1 aromatic rings. The molecule has 0 spiro atoms. The van der Waals surface area contributed by atoms with Crippen LogP contribution in [0.15, 0.2) is 47.1 Å². The predicted molar refractivity (Wildman–Crippen MR) is 89.9 cm³/mol. The third-order valence-corrected chi connectivity index (χ3v) is 4.08. The number of hydrogen-bond donors (Lipinski definition) is 1. The van der Waals surface area contributed by atoms with E-state index in [0.717, 1.165) is 38.6 Å². The van der Waals surface area contributed by atoms with Crippen LogP contribution in [0.4, 0.5) is 0 Å². The molecule has 2 aliphatic heterocycles. The number of morpholine rings is 1. The molecule has 1 saturated heterocycles. The lowest BCUT2D eigenvalue weighted by Crippen LogP contribution is -2.49. The summed E-state index contributed by atoms with van der Waals surface area (Å²) in [4.78, 5) is 7.20. The number of amidine groups is 1. The van der Waals surface area contributed by atoms with Crippen LogP contribution in [0, 0.1) is 0 Å². The Morgan fingerprint density at radius 3 is 2.64 bits per heavy atom. The molecule has 118 valence electrons. The molecule has 22 heavy (non-hydrogen) atoms. The number of nitrogens with one attached hydrogen (secondary N) is 1. The van der Waals surface area contributed by atoms with E-state index < -0.39 is 0 Å². The lowest BCUT2D eigenvalue weighted by atomic mass is 9.93. The summed E-state index contributed by atoms with van der Waals surface area (Å²) in [5.74, 6) is 0.988. The van der Waals surface area contributed by atoms with E-state index in [2.05, 4.69) is 54.4 Å². The fourth-order valence-corrected chi connectivity index (χ4v) is 2.99. The van der Waals surface area contributed by atoms with Crippen molar-refractivity contribution in [2.45, 2.75) is 32.4 Å². The Kier molecular flexibility index (Phi) is 4.48. The second kappa shape index (κ2) is 6.53. The topological polar surface area (TPSA) is 36.9 Å². The molecule has 0 bridgehead atoms. The Hall–Kier alpha value is -1.81. The molecule has 0 aliphatic carbocycles. The zero-order valence-corrected chi connectivity index (χ0v) is 13.5. The van der Waals surface area contributed by atoms with Gasteiger partial charge in [-0.25, -0.2) is 0 Å². The summed E-state index contributed by atoms with van der Waals surface area (Å²) < 4.78 is 5.46. The van der Waals surface area contributed by atoms with Crippen LogP contribution in [-0.2, 0) is 11.3 Å². The first-order chi connectivity index (χ1) is 10.6. The van der Waals surface area contributed by atoms with Crippen LogP contribution in [0.25, 0.3) is 0 Å². The number of ether oxygens (including phenoxy) is 1. The van der Waals surface area contributed by atoms with E-state index >= 15 is 0 Å². The number of rotatable bonds is 3. The predicted octanol–water partition coefficient (Wildman–Crippen LogP) is 2.57. The average molecular weight is 299 g/mol. The average Bonchev–Trinajstić information content (AvgIpc) is 2.53. The van der Waals surface area contributed by atoms with Crippen molar-refractivity contribution in [1.29, 1.82) is 0 Å². The second-order valence-corrected chi connectivity index (χ2v) is 6.61. The molecule has 0 saturated carbocycles. The van der Waals surface area contributed by atoms with E-state index in [1.165, 1.54) is 11.3 Å². The van der Waals surface area contributed by atoms with Gasteiger partial charge in [0.1, 0.15) is 5.84 Å². The number of nitrogens with zero attached hydrogens (tertiary/aromatic N) is 2. The normalized spacial score (nSPS) is 23.1. The number of hydrogen-bond acceptors (Lipinski definition) is 3. The van der Waals surface area contributed by atoms with Gasteiger partial charge in [-0.15, -0.1) is 0 Å². The quantitative estimate of drug-likeness (QED) is 0.932. The second-order valence-electron chi connectivity index (χ2n) is 6.61. The molecule has 0 atom stereocenters. The third kappa shape index (κ3) is 3.89. The highest BCUT2D eigenvalue weighted by atomic mass is 16.5. The maximum absolute atomic E-state index is 5.46. The Balaban J connectivity index is 1.76. The molecule has 3 rings (SSSR count). The van der Waals surface area contributed by atoms with Gasteiger partial charge in [-0.3, -0.25) is 4.99 Å². The first-order valence-corrected chi connectivity index (χ1v) is 8.02. The van der Waals surface area contributed by atoms with Crippen LogP contribution in [0.2, 0.25) is 0 Å². The van der Waals surface area contributed by atoms with Crippen molar-refractivity contribution >= 4 is 5.84 Å². The molecule has 1 fully saturated rings. The third-order valence-electron chi connectivity index (χ3n) is 4.08. The van der Waals surface area contributed by atoms with Crippen molar-refractivity contribution in [3.05, 3.63) is 47.7 Å². The van der Waals surface area contributed by atoms with Crippen molar-refractivity contribution in [2.75, 3.05) is 26.3 Å². The summed E-state index contributed by atoms with van der Waals surface area (Å²) in [6, 6.07) is 10.4. The van der Waals surface area contributed by atoms with Crippen LogP contribution in [0.5, 0.6) is 0 Å². The van der Waals surface area contributed by atoms with Gasteiger partial charge in [-0.1, -0.05) is 30.3 Å². The van der Waals surface area contributed by atoms with Crippen LogP contribution < -0.4 is 5.32 Å². The molecule has 1 N–H and O–H groups in total. The number of benzene rings is 1. The van der Waals surface area contributed by atoms with Gasteiger partial charge in [0, 0.05) is 30.7 Å². The van der Waals surface area contributed by atoms with Gasteiger partial charge in [0.25, 0.3) is 0 Å². The highest BCUT2D eigenvalue weighted by Gasteiger charge is 2.28. The van der Waals surface area contributed by atoms with Crippen LogP contribution in [-0.4, -0.2) is 42.6 Å². The highest BCUT2D eigenvalue weighted by Crippen LogP contribution is 2.24. The molecule has 2 aliphatic rings. The summed E-state index contributed by atoms with van der Waals surface area (Å²) >= 11 is 0. The Bertz CT molecular complexity index is 557. The van der Waals surface area contributed by atoms with Crippen molar-refractivity contribution in [1.82, 2.24) is 10.2 Å². The zero-order valence-electron chi connectivity index (χ0n) is 13.5. The van der Waals surface area contributed by atoms with E-state index in [4.69, 9.17) is 9.73 Å². The minimum Gasteiger partial charge on any atom is -0.378 e. The van der Waals surface area contributed by atoms with E-state index in [1.54, 1.807) is 0 Å². The minimum absolute atomic E-state index is 0.0396. The van der Waals surface area contributed by atoms with Gasteiger partial charge in [0.15, 0.2) is 0 Å². The standard InChI is InChI=1S/C18H25N3O/c1-18(2)13-16(21-8-10-22-11-9-21)12-17(20-18)19-14-15-6-4-3-5-7-15/h3-7,12H,8-11,13-14H2,1-2H3,(H,19,20). The molecule has 0 amide bonds. The first-order valence-electron chi connectivity index (χ1n) is 8.02. The molecule has 0 aromatic heterocycles. The van der Waals surface area contributed by atoms with Gasteiger partial charge in [-0.2, -0.15) is 0 Å². The summed E-state index contributed by atoms with van der Waals surface area (Å²) in [6.07, 6.45) is 3.23. The van der Waals surface area contributed by atoms with E-state index in [0.29, 0.717) is 6.54 Å². The van der Waals surface area contributed by atoms with Gasteiger partial charge in [0.05, 0.1) is 19.8 Å². The fourth-order valence-electron chi connectivity index (χ4n) is 2.99. The zero-order chi connectivity index (χ0) is 15.4. The molecule has 0 unspecified atom stereocenters. The van der Waals surface area contributed by atoms with Crippen LogP contribution in [0.3, 0.4) is 0 Å². The molecule has 0 radical (unpaired) electrons. The van der Waals surface area contributed by atoms with E-state index in [9.17, 15) is 0 Å². The first kappa shape index (κ1) is 15.1. The van der Waals surface area contributed by atoms with Crippen molar-refractivity contribution < 1.29 is 4.74 Å². The monoisotopic (exact) mass is 299 g/mol. The molecule has 4 nitrogen and oxygen atoms in total.